The highest BCUT2D eigenvalue weighted by molar-refractivity contribution is 5.87. The highest BCUT2D eigenvalue weighted by Crippen LogP contribution is 2.33. The average Bonchev–Trinajstić information content (AvgIpc) is 2.88. The zero-order valence-electron chi connectivity index (χ0n) is 21.4. The van der Waals surface area contributed by atoms with Gasteiger partial charge in [-0.3, -0.25) is 0 Å². The highest BCUT2D eigenvalue weighted by atomic mass is 19.4. The van der Waals surface area contributed by atoms with Gasteiger partial charge in [0.1, 0.15) is 18.1 Å². The molecule has 11 heteroatoms. The fraction of sp³-hybridized carbons (Fsp3) is 0.276. The zero-order valence-corrected chi connectivity index (χ0v) is 21.4. The Hall–Kier alpha value is -4.28. The Morgan fingerprint density at radius 3 is 2.05 bits per heavy atom. The summed E-state index contributed by atoms with van der Waals surface area (Å²) >= 11 is 0. The summed E-state index contributed by atoms with van der Waals surface area (Å²) in [6.45, 7) is 0.165. The van der Waals surface area contributed by atoms with Crippen molar-refractivity contribution in [1.29, 1.82) is 0 Å². The van der Waals surface area contributed by atoms with E-state index in [1.54, 1.807) is 18.2 Å². The minimum absolute atomic E-state index is 0.0143. The maximum Gasteiger partial charge on any atom is 0.426 e. The standard InChI is InChI=1S/C29H29F5N2O4/c30-28(31,32)14-2-1-3-15-38-25-11-7-22(8-12-25)29(33,34)40-26-9-4-20(5-10-26)6-13-27(37)39-19-21-16-23(35)18-24(36)17-21/h4-13,16-18H,1-3,14-15,19,35-36H2/b13-6+. The topological polar surface area (TPSA) is 96.8 Å². The quantitative estimate of drug-likeness (QED) is 0.0747. The Kier molecular flexibility index (Phi) is 10.4. The summed E-state index contributed by atoms with van der Waals surface area (Å²) in [5.41, 5.74) is 13.1. The summed E-state index contributed by atoms with van der Waals surface area (Å²) in [6, 6.07) is 15.5. The first kappa shape index (κ1) is 30.3. The van der Waals surface area contributed by atoms with Crippen molar-refractivity contribution in [2.45, 2.75) is 44.6 Å². The predicted molar refractivity (Wildman–Crippen MR) is 142 cm³/mol. The number of carbonyl (C=O) groups is 1. The van der Waals surface area contributed by atoms with Crippen molar-refractivity contribution in [3.8, 4) is 11.5 Å². The Labute approximate surface area is 228 Å². The van der Waals surface area contributed by atoms with E-state index >= 15 is 0 Å². The number of unbranched alkanes of at least 4 members (excludes halogenated alkanes) is 2. The van der Waals surface area contributed by atoms with Crippen molar-refractivity contribution in [3.63, 3.8) is 0 Å². The summed E-state index contributed by atoms with van der Waals surface area (Å²) in [6.07, 6.45) is -5.20. The molecule has 40 heavy (non-hydrogen) atoms. The highest BCUT2D eigenvalue weighted by Gasteiger charge is 2.34. The van der Waals surface area contributed by atoms with E-state index in [0.717, 1.165) is 12.1 Å². The molecule has 0 aromatic heterocycles. The van der Waals surface area contributed by atoms with Gasteiger partial charge in [-0.15, -0.1) is 0 Å². The lowest BCUT2D eigenvalue weighted by atomic mass is 10.2. The number of halogens is 5. The maximum atomic E-state index is 14.6. The molecule has 0 bridgehead atoms. The first-order valence-corrected chi connectivity index (χ1v) is 12.4. The molecule has 4 N–H and O–H groups in total. The SMILES string of the molecule is Nc1cc(N)cc(COC(=O)/C=C/c2ccc(OC(F)(F)c3ccc(OCCCCCC(F)(F)F)cc3)cc2)c1. The van der Waals surface area contributed by atoms with Crippen LogP contribution in [0.1, 0.15) is 42.4 Å². The number of alkyl halides is 5. The van der Waals surface area contributed by atoms with Gasteiger partial charge in [0.2, 0.25) is 0 Å². The number of ether oxygens (including phenoxy) is 3. The van der Waals surface area contributed by atoms with Crippen LogP contribution in [0.2, 0.25) is 0 Å². The smallest absolute Gasteiger partial charge is 0.426 e. The lowest BCUT2D eigenvalue weighted by molar-refractivity contribution is -0.185. The van der Waals surface area contributed by atoms with Crippen molar-refractivity contribution >= 4 is 23.4 Å². The van der Waals surface area contributed by atoms with Gasteiger partial charge in [0.05, 0.1) is 12.2 Å². The molecule has 0 aliphatic rings. The minimum atomic E-state index is -4.17. The molecule has 0 saturated heterocycles. The van der Waals surface area contributed by atoms with E-state index in [-0.39, 0.29) is 25.4 Å². The van der Waals surface area contributed by atoms with Gasteiger partial charge in [-0.05, 0) is 91.1 Å². The van der Waals surface area contributed by atoms with E-state index in [4.69, 9.17) is 25.7 Å². The average molecular weight is 565 g/mol. The molecular weight excluding hydrogens is 535 g/mol. The second kappa shape index (κ2) is 13.7. The van der Waals surface area contributed by atoms with Gasteiger partial charge in [-0.25, -0.2) is 4.79 Å². The summed E-state index contributed by atoms with van der Waals surface area (Å²) in [5.74, 6) is -0.382. The number of hydrogen-bond acceptors (Lipinski definition) is 6. The Bertz CT molecular complexity index is 1260. The van der Waals surface area contributed by atoms with Crippen LogP contribution in [0.25, 0.3) is 6.08 Å². The second-order valence-corrected chi connectivity index (χ2v) is 8.94. The number of nitrogen functional groups attached to an aromatic ring is 2. The maximum absolute atomic E-state index is 14.6. The summed E-state index contributed by atoms with van der Waals surface area (Å²) < 4.78 is 81.1. The van der Waals surface area contributed by atoms with Gasteiger partial charge < -0.3 is 25.7 Å². The molecule has 0 aliphatic heterocycles. The second-order valence-electron chi connectivity index (χ2n) is 8.94. The molecule has 3 rings (SSSR count). The van der Waals surface area contributed by atoms with Crippen LogP contribution in [-0.4, -0.2) is 18.8 Å². The number of benzene rings is 3. The summed E-state index contributed by atoms with van der Waals surface area (Å²) in [5, 5.41) is 0. The van der Waals surface area contributed by atoms with Crippen LogP contribution >= 0.6 is 0 Å². The van der Waals surface area contributed by atoms with Crippen LogP contribution < -0.4 is 20.9 Å². The van der Waals surface area contributed by atoms with E-state index in [0.29, 0.717) is 41.1 Å². The van der Waals surface area contributed by atoms with Crippen LogP contribution in [-0.2, 0) is 22.2 Å². The third-order valence-electron chi connectivity index (χ3n) is 5.52. The minimum Gasteiger partial charge on any atom is -0.494 e. The van der Waals surface area contributed by atoms with Crippen LogP contribution in [0.15, 0.2) is 72.8 Å². The normalized spacial score (nSPS) is 11.9. The van der Waals surface area contributed by atoms with E-state index in [1.807, 2.05) is 0 Å². The summed E-state index contributed by atoms with van der Waals surface area (Å²) in [4.78, 5) is 12.0. The van der Waals surface area contributed by atoms with E-state index in [9.17, 15) is 26.7 Å². The molecule has 0 saturated carbocycles. The fourth-order valence-electron chi connectivity index (χ4n) is 3.59. The molecule has 6 nitrogen and oxygen atoms in total. The van der Waals surface area contributed by atoms with Crippen molar-refractivity contribution in [3.05, 3.63) is 89.5 Å². The van der Waals surface area contributed by atoms with Crippen LogP contribution in [0, 0.1) is 0 Å². The fourth-order valence-corrected chi connectivity index (χ4v) is 3.59. The van der Waals surface area contributed by atoms with Crippen molar-refractivity contribution in [2.24, 2.45) is 0 Å². The van der Waals surface area contributed by atoms with Crippen LogP contribution in [0.5, 0.6) is 11.5 Å². The molecule has 0 atom stereocenters. The lowest BCUT2D eigenvalue weighted by Crippen LogP contribution is -2.21. The lowest BCUT2D eigenvalue weighted by Gasteiger charge is -2.18. The molecule has 0 unspecified atom stereocenters. The van der Waals surface area contributed by atoms with Gasteiger partial charge in [0.15, 0.2) is 0 Å². The molecule has 0 aliphatic carbocycles. The Morgan fingerprint density at radius 2 is 1.43 bits per heavy atom. The first-order valence-electron chi connectivity index (χ1n) is 12.4. The number of hydrogen-bond donors (Lipinski definition) is 2. The van der Waals surface area contributed by atoms with Gasteiger partial charge in [0, 0.05) is 23.9 Å². The predicted octanol–water partition coefficient (Wildman–Crippen LogP) is 7.24. The van der Waals surface area contributed by atoms with Gasteiger partial charge >= 0.3 is 18.3 Å². The third-order valence-corrected chi connectivity index (χ3v) is 5.52. The Balaban J connectivity index is 1.45. The number of anilines is 2. The van der Waals surface area contributed by atoms with Gasteiger partial charge in [-0.1, -0.05) is 12.1 Å². The van der Waals surface area contributed by atoms with Gasteiger partial charge in [-0.2, -0.15) is 22.0 Å². The number of carbonyl (C=O) groups excluding carboxylic acids is 1. The number of nitrogens with two attached hydrogens (primary N) is 2. The Morgan fingerprint density at radius 1 is 0.800 bits per heavy atom. The van der Waals surface area contributed by atoms with Crippen LogP contribution in [0.3, 0.4) is 0 Å². The monoisotopic (exact) mass is 564 g/mol. The van der Waals surface area contributed by atoms with Crippen molar-refractivity contribution < 1.29 is 41.0 Å². The zero-order chi connectivity index (χ0) is 29.2. The number of esters is 1. The molecule has 0 amide bonds. The van der Waals surface area contributed by atoms with Crippen molar-refractivity contribution in [1.82, 2.24) is 0 Å². The summed E-state index contributed by atoms with van der Waals surface area (Å²) in [7, 11) is 0. The van der Waals surface area contributed by atoms with Gasteiger partial charge in [0.25, 0.3) is 0 Å². The molecule has 3 aromatic rings. The van der Waals surface area contributed by atoms with Crippen molar-refractivity contribution in [2.75, 3.05) is 18.1 Å². The van der Waals surface area contributed by atoms with E-state index in [2.05, 4.69) is 0 Å². The third kappa shape index (κ3) is 10.5. The molecular formula is C29H29F5N2O4. The first-order chi connectivity index (χ1) is 18.9. The molecule has 3 aromatic carbocycles. The number of rotatable bonds is 13. The molecule has 0 fully saturated rings. The molecule has 0 spiro atoms. The van der Waals surface area contributed by atoms with Crippen LogP contribution in [0.4, 0.5) is 33.3 Å². The molecule has 214 valence electrons. The van der Waals surface area contributed by atoms with E-state index < -0.39 is 30.2 Å². The van der Waals surface area contributed by atoms with E-state index in [1.165, 1.54) is 48.6 Å². The molecule has 0 radical (unpaired) electrons. The largest absolute Gasteiger partial charge is 0.494 e. The molecule has 0 heterocycles.